The first-order valence-corrected chi connectivity index (χ1v) is 8.02. The van der Waals surface area contributed by atoms with Crippen LogP contribution in [0.15, 0.2) is 53.7 Å². The predicted molar refractivity (Wildman–Crippen MR) is 92.4 cm³/mol. The number of nitrogens with one attached hydrogen (secondary N) is 1. The van der Waals surface area contributed by atoms with Crippen LogP contribution >= 0.6 is 15.9 Å². The largest absolute Gasteiger partial charge is 0.477 e. The third-order valence-electron chi connectivity index (χ3n) is 3.17. The van der Waals surface area contributed by atoms with E-state index in [1.165, 1.54) is 6.33 Å². The van der Waals surface area contributed by atoms with E-state index in [1.54, 1.807) is 35.4 Å². The fourth-order valence-electron chi connectivity index (χ4n) is 2.15. The lowest BCUT2D eigenvalue weighted by Gasteiger charge is -2.13. The molecule has 0 fully saturated rings. The first-order chi connectivity index (χ1) is 11.7. The molecule has 2 aromatic heterocycles. The minimum absolute atomic E-state index is 0.301. The quantitative estimate of drug-likeness (QED) is 0.727. The zero-order valence-electron chi connectivity index (χ0n) is 12.8. The van der Waals surface area contributed by atoms with Crippen molar-refractivity contribution in [1.82, 2.24) is 19.7 Å². The van der Waals surface area contributed by atoms with Crippen LogP contribution in [0.4, 0.5) is 5.69 Å². The van der Waals surface area contributed by atoms with E-state index in [9.17, 15) is 4.79 Å². The molecule has 8 heteroatoms. The Morgan fingerprint density at radius 2 is 2.25 bits per heavy atom. The number of benzene rings is 1. The van der Waals surface area contributed by atoms with Gasteiger partial charge in [0.15, 0.2) is 0 Å². The van der Waals surface area contributed by atoms with Crippen molar-refractivity contribution in [3.8, 4) is 11.6 Å². The lowest BCUT2D eigenvalue weighted by Crippen LogP contribution is -2.16. The van der Waals surface area contributed by atoms with Crippen LogP contribution in [0, 0.1) is 0 Å². The number of aromatic nitrogens is 4. The molecule has 0 aliphatic heterocycles. The van der Waals surface area contributed by atoms with Crippen molar-refractivity contribution < 1.29 is 9.53 Å². The Balaban J connectivity index is 1.94. The topological polar surface area (TPSA) is 81.9 Å². The molecule has 2 heterocycles. The molecule has 3 aromatic rings. The van der Waals surface area contributed by atoms with Gasteiger partial charge in [-0.25, -0.2) is 14.6 Å². The summed E-state index contributed by atoms with van der Waals surface area (Å²) in [5, 5.41) is 6.98. The van der Waals surface area contributed by atoms with E-state index in [4.69, 9.17) is 4.74 Å². The number of amides is 1. The SMILES string of the molecule is CCOc1ncccc1C(=O)Nc1cc(Br)ccc1-n1cncn1. The van der Waals surface area contributed by atoms with Crippen molar-refractivity contribution in [3.05, 3.63) is 59.2 Å². The van der Waals surface area contributed by atoms with E-state index in [0.717, 1.165) is 4.47 Å². The van der Waals surface area contributed by atoms with E-state index in [1.807, 2.05) is 19.1 Å². The van der Waals surface area contributed by atoms with Gasteiger partial charge in [0, 0.05) is 10.7 Å². The molecule has 0 saturated carbocycles. The first-order valence-electron chi connectivity index (χ1n) is 7.22. The maximum absolute atomic E-state index is 12.7. The average molecular weight is 388 g/mol. The van der Waals surface area contributed by atoms with Gasteiger partial charge >= 0.3 is 0 Å². The van der Waals surface area contributed by atoms with Crippen molar-refractivity contribution in [2.75, 3.05) is 11.9 Å². The standard InChI is InChI=1S/C16H14BrN5O2/c1-2-24-16-12(4-3-7-19-16)15(23)21-13-8-11(17)5-6-14(13)22-10-18-9-20-22/h3-10H,2H2,1H3,(H,21,23). The van der Waals surface area contributed by atoms with Crippen LogP contribution in [0.5, 0.6) is 5.88 Å². The zero-order valence-corrected chi connectivity index (χ0v) is 14.4. The number of ether oxygens (including phenoxy) is 1. The number of nitrogens with zero attached hydrogens (tertiary/aromatic N) is 4. The second-order valence-corrected chi connectivity index (χ2v) is 5.66. The number of pyridine rings is 1. The van der Waals surface area contributed by atoms with Crippen LogP contribution < -0.4 is 10.1 Å². The van der Waals surface area contributed by atoms with Crippen molar-refractivity contribution in [2.24, 2.45) is 0 Å². The Bertz CT molecular complexity index is 851. The summed E-state index contributed by atoms with van der Waals surface area (Å²) in [5.74, 6) is -0.0131. The number of halogens is 1. The summed E-state index contributed by atoms with van der Waals surface area (Å²) in [5.41, 5.74) is 1.65. The molecule has 0 bridgehead atoms. The molecular formula is C16H14BrN5O2. The lowest BCUT2D eigenvalue weighted by molar-refractivity contribution is 0.102. The molecular weight excluding hydrogens is 374 g/mol. The summed E-state index contributed by atoms with van der Waals surface area (Å²) in [6.45, 7) is 2.27. The van der Waals surface area contributed by atoms with Crippen LogP contribution in [0.3, 0.4) is 0 Å². The molecule has 122 valence electrons. The maximum atomic E-state index is 12.7. The summed E-state index contributed by atoms with van der Waals surface area (Å²) >= 11 is 3.41. The molecule has 0 saturated heterocycles. The highest BCUT2D eigenvalue weighted by Crippen LogP contribution is 2.25. The molecule has 0 aliphatic rings. The van der Waals surface area contributed by atoms with Gasteiger partial charge in [-0.3, -0.25) is 4.79 Å². The summed E-state index contributed by atoms with van der Waals surface area (Å²) in [7, 11) is 0. The smallest absolute Gasteiger partial charge is 0.261 e. The molecule has 3 rings (SSSR count). The highest BCUT2D eigenvalue weighted by atomic mass is 79.9. The monoisotopic (exact) mass is 387 g/mol. The molecule has 0 spiro atoms. The van der Waals surface area contributed by atoms with Crippen LogP contribution in [-0.2, 0) is 0 Å². The number of anilines is 1. The third-order valence-corrected chi connectivity index (χ3v) is 3.66. The van der Waals surface area contributed by atoms with E-state index in [0.29, 0.717) is 29.4 Å². The highest BCUT2D eigenvalue weighted by molar-refractivity contribution is 9.10. The molecule has 1 amide bonds. The van der Waals surface area contributed by atoms with Gasteiger partial charge in [-0.1, -0.05) is 15.9 Å². The Morgan fingerprint density at radius 1 is 1.38 bits per heavy atom. The highest BCUT2D eigenvalue weighted by Gasteiger charge is 2.16. The first kappa shape index (κ1) is 16.1. The Morgan fingerprint density at radius 3 is 3.00 bits per heavy atom. The normalized spacial score (nSPS) is 10.4. The van der Waals surface area contributed by atoms with E-state index in [-0.39, 0.29) is 5.91 Å². The Hall–Kier alpha value is -2.74. The number of carbonyl (C=O) groups excluding carboxylic acids is 1. The van der Waals surface area contributed by atoms with E-state index in [2.05, 4.69) is 36.3 Å². The van der Waals surface area contributed by atoms with Gasteiger partial charge in [0.2, 0.25) is 5.88 Å². The van der Waals surface area contributed by atoms with Gasteiger partial charge < -0.3 is 10.1 Å². The third kappa shape index (κ3) is 3.43. The van der Waals surface area contributed by atoms with Crippen LogP contribution in [0.2, 0.25) is 0 Å². The zero-order chi connectivity index (χ0) is 16.9. The predicted octanol–water partition coefficient (Wildman–Crippen LogP) is 3.08. The van der Waals surface area contributed by atoms with Crippen LogP contribution in [-0.4, -0.2) is 32.3 Å². The molecule has 1 aromatic carbocycles. The fourth-order valence-corrected chi connectivity index (χ4v) is 2.51. The Labute approximate surface area is 146 Å². The molecule has 0 atom stereocenters. The molecule has 0 radical (unpaired) electrons. The minimum atomic E-state index is -0.314. The van der Waals surface area contributed by atoms with Crippen molar-refractivity contribution in [2.45, 2.75) is 6.92 Å². The van der Waals surface area contributed by atoms with Gasteiger partial charge in [-0.2, -0.15) is 5.10 Å². The Kier molecular flexibility index (Phi) is 4.85. The van der Waals surface area contributed by atoms with Crippen LogP contribution in [0.1, 0.15) is 17.3 Å². The van der Waals surface area contributed by atoms with Crippen molar-refractivity contribution >= 4 is 27.5 Å². The number of hydrogen-bond acceptors (Lipinski definition) is 5. The van der Waals surface area contributed by atoms with Crippen LogP contribution in [0.25, 0.3) is 5.69 Å². The van der Waals surface area contributed by atoms with Gasteiger partial charge in [0.25, 0.3) is 5.91 Å². The summed E-state index contributed by atoms with van der Waals surface area (Å²) < 4.78 is 7.82. The van der Waals surface area contributed by atoms with E-state index < -0.39 is 0 Å². The average Bonchev–Trinajstić information content (AvgIpc) is 3.10. The fraction of sp³-hybridized carbons (Fsp3) is 0.125. The van der Waals surface area contributed by atoms with Gasteiger partial charge in [0.05, 0.1) is 18.0 Å². The maximum Gasteiger partial charge on any atom is 0.261 e. The summed E-state index contributed by atoms with van der Waals surface area (Å²) in [6.07, 6.45) is 4.58. The number of carbonyl (C=O) groups is 1. The second-order valence-electron chi connectivity index (χ2n) is 4.74. The van der Waals surface area contributed by atoms with Crippen molar-refractivity contribution in [1.29, 1.82) is 0 Å². The number of hydrogen-bond donors (Lipinski definition) is 1. The molecule has 24 heavy (non-hydrogen) atoms. The number of rotatable bonds is 5. The minimum Gasteiger partial charge on any atom is -0.477 e. The molecule has 7 nitrogen and oxygen atoms in total. The molecule has 1 N–H and O–H groups in total. The molecule has 0 aliphatic carbocycles. The lowest BCUT2D eigenvalue weighted by atomic mass is 10.2. The molecule has 0 unspecified atom stereocenters. The van der Waals surface area contributed by atoms with Gasteiger partial charge in [-0.05, 0) is 37.3 Å². The summed E-state index contributed by atoms with van der Waals surface area (Å²) in [6, 6.07) is 8.85. The van der Waals surface area contributed by atoms with E-state index >= 15 is 0 Å². The van der Waals surface area contributed by atoms with Crippen molar-refractivity contribution in [3.63, 3.8) is 0 Å². The van der Waals surface area contributed by atoms with Gasteiger partial charge in [-0.15, -0.1) is 0 Å². The van der Waals surface area contributed by atoms with Gasteiger partial charge in [0.1, 0.15) is 18.2 Å². The summed E-state index contributed by atoms with van der Waals surface area (Å²) in [4.78, 5) is 20.7. The second kappa shape index (κ2) is 7.22.